The van der Waals surface area contributed by atoms with E-state index in [0.29, 0.717) is 10.8 Å². The number of carbonyl (C=O) groups excluding carboxylic acids is 1. The molecule has 0 bridgehead atoms. The summed E-state index contributed by atoms with van der Waals surface area (Å²) in [5.41, 5.74) is 0.142. The highest BCUT2D eigenvalue weighted by molar-refractivity contribution is 6.30. The van der Waals surface area contributed by atoms with Crippen molar-refractivity contribution in [1.82, 2.24) is 0 Å². The van der Waals surface area contributed by atoms with E-state index < -0.39 is 16.6 Å². The smallest absolute Gasteiger partial charge is 0.271 e. The summed E-state index contributed by atoms with van der Waals surface area (Å²) in [6, 6.07) is 7.77. The van der Waals surface area contributed by atoms with Gasteiger partial charge in [-0.15, -0.1) is 0 Å². The predicted octanol–water partition coefficient (Wildman–Crippen LogP) is 3.71. The summed E-state index contributed by atoms with van der Waals surface area (Å²) >= 11 is 5.81. The molecule has 0 saturated heterocycles. The number of aryl methyl sites for hydroxylation is 1. The van der Waals surface area contributed by atoms with Gasteiger partial charge in [-0.1, -0.05) is 11.6 Å². The first-order chi connectivity index (χ1) is 10.9. The summed E-state index contributed by atoms with van der Waals surface area (Å²) in [5, 5.41) is 13.4. The summed E-state index contributed by atoms with van der Waals surface area (Å²) in [5.74, 6) is -0.950. The van der Waals surface area contributed by atoms with Gasteiger partial charge in [-0.2, -0.15) is 0 Å². The Labute approximate surface area is 136 Å². The molecule has 1 amide bonds. The molecule has 0 fully saturated rings. The number of anilines is 1. The molecule has 0 aliphatic rings. The van der Waals surface area contributed by atoms with Crippen molar-refractivity contribution in [2.24, 2.45) is 0 Å². The van der Waals surface area contributed by atoms with Crippen molar-refractivity contribution in [1.29, 1.82) is 0 Å². The molecule has 0 aromatic heterocycles. The van der Waals surface area contributed by atoms with Crippen molar-refractivity contribution in [2.75, 3.05) is 11.9 Å². The highest BCUT2D eigenvalue weighted by atomic mass is 35.5. The second-order valence-corrected chi connectivity index (χ2v) is 5.10. The third kappa shape index (κ3) is 4.40. The monoisotopic (exact) mass is 338 g/mol. The van der Waals surface area contributed by atoms with Gasteiger partial charge in [-0.25, -0.2) is 4.39 Å². The van der Waals surface area contributed by atoms with Crippen LogP contribution in [0.15, 0.2) is 36.4 Å². The number of carbonyl (C=O) groups is 1. The fourth-order valence-corrected chi connectivity index (χ4v) is 2.05. The molecule has 1 N–H and O–H groups in total. The average molecular weight is 339 g/mol. The van der Waals surface area contributed by atoms with Gasteiger partial charge in [0.05, 0.1) is 10.6 Å². The molecule has 2 aromatic carbocycles. The van der Waals surface area contributed by atoms with Crippen LogP contribution in [0.5, 0.6) is 5.75 Å². The van der Waals surface area contributed by atoms with Crippen LogP contribution in [0, 0.1) is 22.9 Å². The Balaban J connectivity index is 2.02. The minimum atomic E-state index is -0.772. The summed E-state index contributed by atoms with van der Waals surface area (Å²) in [7, 11) is 0. The van der Waals surface area contributed by atoms with E-state index in [1.54, 1.807) is 25.1 Å². The van der Waals surface area contributed by atoms with Crippen molar-refractivity contribution >= 4 is 28.9 Å². The minimum absolute atomic E-state index is 0.277. The van der Waals surface area contributed by atoms with Gasteiger partial charge in [0.1, 0.15) is 11.6 Å². The molecule has 120 valence electrons. The largest absolute Gasteiger partial charge is 0.483 e. The Kier molecular flexibility index (Phi) is 5.13. The van der Waals surface area contributed by atoms with E-state index >= 15 is 0 Å². The molecule has 0 unspecified atom stereocenters. The van der Waals surface area contributed by atoms with Crippen molar-refractivity contribution in [3.8, 4) is 5.75 Å². The summed E-state index contributed by atoms with van der Waals surface area (Å²) in [4.78, 5) is 21.8. The number of nitrogens with one attached hydrogen (secondary N) is 1. The lowest BCUT2D eigenvalue weighted by molar-refractivity contribution is -0.384. The van der Waals surface area contributed by atoms with Crippen LogP contribution >= 0.6 is 11.6 Å². The van der Waals surface area contributed by atoms with E-state index in [1.165, 1.54) is 0 Å². The van der Waals surface area contributed by atoms with Gasteiger partial charge in [0, 0.05) is 17.2 Å². The number of ether oxygens (including phenoxy) is 1. The van der Waals surface area contributed by atoms with Crippen LogP contribution in [0.25, 0.3) is 0 Å². The standard InChI is InChI=1S/C15H12ClFN2O4/c1-9-6-10(16)2-5-14(9)23-8-15(20)18-13-7-11(19(21)22)3-4-12(13)17/h2-7H,8H2,1H3,(H,18,20). The van der Waals surface area contributed by atoms with E-state index in [1.807, 2.05) is 0 Å². The number of nitro groups is 1. The van der Waals surface area contributed by atoms with Crippen molar-refractivity contribution in [2.45, 2.75) is 6.92 Å². The van der Waals surface area contributed by atoms with Gasteiger partial charge in [0.15, 0.2) is 6.61 Å². The predicted molar refractivity (Wildman–Crippen MR) is 83.4 cm³/mol. The number of halogens is 2. The van der Waals surface area contributed by atoms with E-state index in [2.05, 4.69) is 5.32 Å². The maximum Gasteiger partial charge on any atom is 0.271 e. The zero-order valence-corrected chi connectivity index (χ0v) is 12.8. The molecule has 0 radical (unpaired) electrons. The zero-order chi connectivity index (χ0) is 17.0. The zero-order valence-electron chi connectivity index (χ0n) is 12.0. The molecule has 23 heavy (non-hydrogen) atoms. The number of nitrogens with zero attached hydrogens (tertiary/aromatic N) is 1. The maximum absolute atomic E-state index is 13.6. The Morgan fingerprint density at radius 1 is 1.35 bits per heavy atom. The van der Waals surface area contributed by atoms with Crippen LogP contribution in [-0.2, 0) is 4.79 Å². The van der Waals surface area contributed by atoms with Crippen LogP contribution < -0.4 is 10.1 Å². The molecular formula is C15H12ClFN2O4. The first-order valence-corrected chi connectivity index (χ1v) is 6.87. The fraction of sp³-hybridized carbons (Fsp3) is 0.133. The first-order valence-electron chi connectivity index (χ1n) is 6.49. The maximum atomic E-state index is 13.6. The lowest BCUT2D eigenvalue weighted by Gasteiger charge is -2.10. The van der Waals surface area contributed by atoms with Gasteiger partial charge in [0.25, 0.3) is 11.6 Å². The molecule has 0 aliphatic carbocycles. The highest BCUT2D eigenvalue weighted by Crippen LogP contribution is 2.23. The van der Waals surface area contributed by atoms with Crippen LogP contribution in [0.4, 0.5) is 15.8 Å². The van der Waals surface area contributed by atoms with Crippen LogP contribution in [0.1, 0.15) is 5.56 Å². The molecule has 0 saturated carbocycles. The third-order valence-electron chi connectivity index (χ3n) is 2.93. The lowest BCUT2D eigenvalue weighted by atomic mass is 10.2. The minimum Gasteiger partial charge on any atom is -0.483 e. The molecule has 2 aromatic rings. The van der Waals surface area contributed by atoms with Crippen molar-refractivity contribution in [3.05, 3.63) is 62.9 Å². The van der Waals surface area contributed by atoms with E-state index in [4.69, 9.17) is 16.3 Å². The summed E-state index contributed by atoms with van der Waals surface area (Å²) < 4.78 is 18.9. The molecule has 6 nitrogen and oxygen atoms in total. The number of hydrogen-bond acceptors (Lipinski definition) is 4. The molecule has 2 rings (SSSR count). The molecule has 0 atom stereocenters. The number of non-ortho nitro benzene ring substituents is 1. The van der Waals surface area contributed by atoms with Crippen molar-refractivity contribution < 1.29 is 18.8 Å². The van der Waals surface area contributed by atoms with Crippen molar-refractivity contribution in [3.63, 3.8) is 0 Å². The van der Waals surface area contributed by atoms with Gasteiger partial charge < -0.3 is 10.1 Å². The first kappa shape index (κ1) is 16.7. The van der Waals surface area contributed by atoms with E-state index in [9.17, 15) is 19.3 Å². The quantitative estimate of drug-likeness (QED) is 0.665. The molecule has 0 heterocycles. The normalized spacial score (nSPS) is 10.2. The van der Waals surface area contributed by atoms with E-state index in [-0.39, 0.29) is 18.0 Å². The number of benzene rings is 2. The van der Waals surface area contributed by atoms with Gasteiger partial charge in [0.2, 0.25) is 0 Å². The molecule has 0 spiro atoms. The average Bonchev–Trinajstić information content (AvgIpc) is 2.48. The number of amides is 1. The van der Waals surface area contributed by atoms with Crippen LogP contribution in [0.2, 0.25) is 5.02 Å². The topological polar surface area (TPSA) is 81.5 Å². The van der Waals surface area contributed by atoms with Gasteiger partial charge in [-0.05, 0) is 36.8 Å². The van der Waals surface area contributed by atoms with Gasteiger partial charge in [-0.3, -0.25) is 14.9 Å². The summed E-state index contributed by atoms with van der Waals surface area (Å²) in [6.45, 7) is 1.39. The Bertz CT molecular complexity index is 767. The second kappa shape index (κ2) is 7.06. The lowest BCUT2D eigenvalue weighted by Crippen LogP contribution is -2.21. The Morgan fingerprint density at radius 2 is 2.09 bits per heavy atom. The summed E-state index contributed by atoms with van der Waals surface area (Å²) in [6.07, 6.45) is 0. The highest BCUT2D eigenvalue weighted by Gasteiger charge is 2.13. The second-order valence-electron chi connectivity index (χ2n) is 4.67. The molecule has 8 heteroatoms. The number of rotatable bonds is 5. The fourth-order valence-electron chi connectivity index (χ4n) is 1.83. The Morgan fingerprint density at radius 3 is 2.74 bits per heavy atom. The number of hydrogen-bond donors (Lipinski definition) is 1. The SMILES string of the molecule is Cc1cc(Cl)ccc1OCC(=O)Nc1cc([N+](=O)[O-])ccc1F. The number of nitro benzene ring substituents is 1. The van der Waals surface area contributed by atoms with E-state index in [0.717, 1.165) is 23.8 Å². The molecular weight excluding hydrogens is 327 g/mol. The van der Waals surface area contributed by atoms with Crippen LogP contribution in [0.3, 0.4) is 0 Å². The van der Waals surface area contributed by atoms with Gasteiger partial charge >= 0.3 is 0 Å². The van der Waals surface area contributed by atoms with Crippen LogP contribution in [-0.4, -0.2) is 17.4 Å². The third-order valence-corrected chi connectivity index (χ3v) is 3.17. The Hall–Kier alpha value is -2.67. The molecule has 0 aliphatic heterocycles.